The number of rotatable bonds is 2. The molecule has 0 bridgehead atoms. The molecule has 1 heterocycles. The van der Waals surface area contributed by atoms with Crippen LogP contribution in [-0.2, 0) is 4.79 Å². The van der Waals surface area contributed by atoms with Gasteiger partial charge in [0.05, 0.1) is 5.69 Å². The van der Waals surface area contributed by atoms with Crippen molar-refractivity contribution in [1.82, 2.24) is 10.2 Å². The van der Waals surface area contributed by atoms with Crippen LogP contribution in [0.1, 0.15) is 6.92 Å². The first-order chi connectivity index (χ1) is 8.15. The van der Waals surface area contributed by atoms with Gasteiger partial charge in [-0.15, -0.1) is 0 Å². The molecule has 0 saturated carbocycles. The zero-order chi connectivity index (χ0) is 12.3. The van der Waals surface area contributed by atoms with Crippen molar-refractivity contribution in [2.75, 3.05) is 5.32 Å². The predicted octanol–water partition coefficient (Wildman–Crippen LogP) is 1.40. The molecule has 17 heavy (non-hydrogen) atoms. The smallest absolute Gasteiger partial charge is 0.264 e. The van der Waals surface area contributed by atoms with Crippen molar-refractivity contribution < 1.29 is 4.79 Å². The Morgan fingerprint density at radius 1 is 1.18 bits per heavy atom. The fraction of sp³-hybridized carbons (Fsp3) is 0.0833. The quantitative estimate of drug-likeness (QED) is 0.817. The van der Waals surface area contributed by atoms with E-state index in [2.05, 4.69) is 15.5 Å². The Balaban J connectivity index is 2.26. The fourth-order valence-electron chi connectivity index (χ4n) is 1.43. The van der Waals surface area contributed by atoms with Crippen LogP contribution in [0.3, 0.4) is 0 Å². The number of carbonyl (C=O) groups excluding carboxylic acids is 1. The minimum atomic E-state index is -0.233. The zero-order valence-electron chi connectivity index (χ0n) is 9.23. The molecule has 0 aliphatic rings. The van der Waals surface area contributed by atoms with Crippen LogP contribution >= 0.6 is 0 Å². The van der Waals surface area contributed by atoms with Gasteiger partial charge in [0.25, 0.3) is 5.56 Å². The number of aromatic nitrogens is 2. The number of hydrogen-bond acceptors (Lipinski definition) is 3. The van der Waals surface area contributed by atoms with E-state index < -0.39 is 0 Å². The van der Waals surface area contributed by atoms with Gasteiger partial charge in [-0.2, -0.15) is 5.10 Å². The number of H-pyrrole nitrogens is 1. The lowest BCUT2D eigenvalue weighted by Crippen LogP contribution is -2.06. The van der Waals surface area contributed by atoms with Crippen LogP contribution in [0.5, 0.6) is 0 Å². The lowest BCUT2D eigenvalue weighted by molar-refractivity contribution is -0.114. The van der Waals surface area contributed by atoms with Crippen molar-refractivity contribution in [1.29, 1.82) is 0 Å². The van der Waals surface area contributed by atoms with Crippen molar-refractivity contribution >= 4 is 11.6 Å². The number of carbonyl (C=O) groups is 1. The van der Waals surface area contributed by atoms with Crippen LogP contribution < -0.4 is 10.9 Å². The number of nitrogens with zero attached hydrogens (tertiary/aromatic N) is 1. The predicted molar refractivity (Wildman–Crippen MR) is 64.6 cm³/mol. The Morgan fingerprint density at radius 3 is 2.41 bits per heavy atom. The van der Waals surface area contributed by atoms with Crippen LogP contribution in [0.4, 0.5) is 5.69 Å². The van der Waals surface area contributed by atoms with Gasteiger partial charge in [-0.3, -0.25) is 9.59 Å². The molecule has 0 spiro atoms. The first kappa shape index (κ1) is 11.1. The molecule has 2 N–H and O–H groups in total. The molecule has 0 saturated heterocycles. The third kappa shape index (κ3) is 2.78. The number of benzene rings is 1. The highest BCUT2D eigenvalue weighted by Crippen LogP contribution is 2.17. The van der Waals surface area contributed by atoms with Crippen molar-refractivity contribution in [3.05, 3.63) is 46.8 Å². The molecular weight excluding hydrogens is 218 g/mol. The molecule has 1 amide bonds. The molecule has 0 atom stereocenters. The highest BCUT2D eigenvalue weighted by atomic mass is 16.1. The highest BCUT2D eigenvalue weighted by Gasteiger charge is 2.00. The van der Waals surface area contributed by atoms with Gasteiger partial charge in [-0.25, -0.2) is 5.10 Å². The van der Waals surface area contributed by atoms with Gasteiger partial charge < -0.3 is 5.32 Å². The first-order valence-electron chi connectivity index (χ1n) is 5.09. The molecule has 0 fully saturated rings. The third-order valence-electron chi connectivity index (χ3n) is 2.18. The van der Waals surface area contributed by atoms with Gasteiger partial charge >= 0.3 is 0 Å². The summed E-state index contributed by atoms with van der Waals surface area (Å²) < 4.78 is 0. The summed E-state index contributed by atoms with van der Waals surface area (Å²) in [5.41, 5.74) is 2.05. The molecule has 2 aromatic rings. The second-order valence-corrected chi connectivity index (χ2v) is 3.56. The van der Waals surface area contributed by atoms with Gasteiger partial charge in [0.15, 0.2) is 0 Å². The maximum absolute atomic E-state index is 10.9. The van der Waals surface area contributed by atoms with Crippen LogP contribution in [0.15, 0.2) is 41.2 Å². The minimum Gasteiger partial charge on any atom is -0.326 e. The lowest BCUT2D eigenvalue weighted by atomic mass is 10.1. The molecule has 5 heteroatoms. The molecule has 2 rings (SSSR count). The summed E-state index contributed by atoms with van der Waals surface area (Å²) in [6.07, 6.45) is 0. The molecule has 0 radical (unpaired) electrons. The molecule has 0 aliphatic carbocycles. The summed E-state index contributed by atoms with van der Waals surface area (Å²) in [5.74, 6) is -0.111. The summed E-state index contributed by atoms with van der Waals surface area (Å²) in [6, 6.07) is 10.3. The van der Waals surface area contributed by atoms with Crippen LogP contribution in [0.2, 0.25) is 0 Å². The zero-order valence-corrected chi connectivity index (χ0v) is 9.23. The molecular formula is C12H11N3O2. The average Bonchev–Trinajstić information content (AvgIpc) is 2.30. The van der Waals surface area contributed by atoms with E-state index in [1.807, 2.05) is 12.1 Å². The standard InChI is InChI=1S/C12H11N3O2/c1-8(16)13-10-4-2-9(3-5-10)11-6-7-12(17)15-14-11/h2-7H,1H3,(H,13,16)(H,15,17). The van der Waals surface area contributed by atoms with Gasteiger partial charge in [-0.05, 0) is 18.2 Å². The van der Waals surface area contributed by atoms with E-state index in [0.29, 0.717) is 5.69 Å². The SMILES string of the molecule is CC(=O)Nc1ccc(-c2ccc(=O)[nH]n2)cc1. The van der Waals surface area contributed by atoms with Crippen LogP contribution in [0, 0.1) is 0 Å². The summed E-state index contributed by atoms with van der Waals surface area (Å²) in [4.78, 5) is 21.7. The second kappa shape index (κ2) is 4.61. The number of anilines is 1. The fourth-order valence-corrected chi connectivity index (χ4v) is 1.43. The Morgan fingerprint density at radius 2 is 1.88 bits per heavy atom. The number of amides is 1. The van der Waals surface area contributed by atoms with E-state index in [-0.39, 0.29) is 11.5 Å². The van der Waals surface area contributed by atoms with Crippen LogP contribution in [0.25, 0.3) is 11.3 Å². The summed E-state index contributed by atoms with van der Waals surface area (Å²) in [6.45, 7) is 1.46. The summed E-state index contributed by atoms with van der Waals surface area (Å²) >= 11 is 0. The Hall–Kier alpha value is -2.43. The Kier molecular flexibility index (Phi) is 3.00. The molecule has 5 nitrogen and oxygen atoms in total. The average molecular weight is 229 g/mol. The second-order valence-electron chi connectivity index (χ2n) is 3.56. The van der Waals surface area contributed by atoms with E-state index >= 15 is 0 Å². The third-order valence-corrected chi connectivity index (χ3v) is 2.18. The number of aromatic amines is 1. The van der Waals surface area contributed by atoms with Gasteiger partial charge in [-0.1, -0.05) is 12.1 Å². The van der Waals surface area contributed by atoms with E-state index in [0.717, 1.165) is 11.3 Å². The van der Waals surface area contributed by atoms with Gasteiger partial charge in [0.2, 0.25) is 5.91 Å². The molecule has 1 aromatic carbocycles. The maximum atomic E-state index is 10.9. The van der Waals surface area contributed by atoms with E-state index in [1.165, 1.54) is 13.0 Å². The Labute approximate surface area is 97.5 Å². The summed E-state index contributed by atoms with van der Waals surface area (Å²) in [5, 5.41) is 8.96. The molecule has 1 aromatic heterocycles. The normalized spacial score (nSPS) is 9.94. The lowest BCUT2D eigenvalue weighted by Gasteiger charge is -2.03. The van der Waals surface area contributed by atoms with Crippen molar-refractivity contribution in [3.63, 3.8) is 0 Å². The first-order valence-corrected chi connectivity index (χ1v) is 5.09. The van der Waals surface area contributed by atoms with Crippen molar-refractivity contribution in [3.8, 4) is 11.3 Å². The highest BCUT2D eigenvalue weighted by molar-refractivity contribution is 5.88. The Bertz CT molecular complexity index is 567. The topological polar surface area (TPSA) is 74.8 Å². The van der Waals surface area contributed by atoms with Crippen molar-refractivity contribution in [2.24, 2.45) is 0 Å². The maximum Gasteiger partial charge on any atom is 0.264 e. The minimum absolute atomic E-state index is 0.111. The largest absolute Gasteiger partial charge is 0.326 e. The molecule has 0 unspecified atom stereocenters. The number of hydrogen-bond donors (Lipinski definition) is 2. The van der Waals surface area contributed by atoms with Gasteiger partial charge in [0, 0.05) is 24.2 Å². The number of nitrogens with one attached hydrogen (secondary N) is 2. The molecule has 86 valence electrons. The summed E-state index contributed by atoms with van der Waals surface area (Å²) in [7, 11) is 0. The van der Waals surface area contributed by atoms with E-state index in [4.69, 9.17) is 0 Å². The van der Waals surface area contributed by atoms with Crippen LogP contribution in [-0.4, -0.2) is 16.1 Å². The van der Waals surface area contributed by atoms with Crippen molar-refractivity contribution in [2.45, 2.75) is 6.92 Å². The van der Waals surface area contributed by atoms with E-state index in [1.54, 1.807) is 18.2 Å². The van der Waals surface area contributed by atoms with E-state index in [9.17, 15) is 9.59 Å². The van der Waals surface area contributed by atoms with Gasteiger partial charge in [0.1, 0.15) is 0 Å². The monoisotopic (exact) mass is 229 g/mol. The molecule has 0 aliphatic heterocycles.